The van der Waals surface area contributed by atoms with Crippen LogP contribution in [-0.4, -0.2) is 17.8 Å². The van der Waals surface area contributed by atoms with Gasteiger partial charge in [0.25, 0.3) is 0 Å². The maximum atomic E-state index is 12.0. The molecule has 0 bridgehead atoms. The normalized spacial score (nSPS) is 30.1. The van der Waals surface area contributed by atoms with Gasteiger partial charge in [-0.2, -0.15) is 0 Å². The molecule has 1 aliphatic carbocycles. The van der Waals surface area contributed by atoms with Crippen LogP contribution < -0.4 is 0 Å². The minimum absolute atomic E-state index is 0.213. The number of alkyl halides is 1. The molecule has 0 aromatic rings. The van der Waals surface area contributed by atoms with Crippen molar-refractivity contribution in [1.29, 1.82) is 0 Å². The maximum absolute atomic E-state index is 12.0. The Kier molecular flexibility index (Phi) is 3.50. The van der Waals surface area contributed by atoms with E-state index in [1.807, 2.05) is 0 Å². The lowest BCUT2D eigenvalue weighted by atomic mass is 9.80. The second-order valence-electron chi connectivity index (χ2n) is 3.55. The highest BCUT2D eigenvalue weighted by Gasteiger charge is 2.26. The molecule has 1 rings (SSSR count). The molecular weight excluding hydrogens is 159 g/mol. The maximum Gasteiger partial charge on any atom is 0.306 e. The first-order valence-electron chi connectivity index (χ1n) is 4.52. The Morgan fingerprint density at radius 3 is 2.83 bits per heavy atom. The zero-order valence-corrected chi connectivity index (χ0v) is 7.13. The first-order chi connectivity index (χ1) is 5.74. The van der Waals surface area contributed by atoms with Crippen molar-refractivity contribution in [2.45, 2.75) is 32.1 Å². The van der Waals surface area contributed by atoms with Gasteiger partial charge in [0, 0.05) is 0 Å². The summed E-state index contributed by atoms with van der Waals surface area (Å²) in [5.74, 6) is -0.612. The molecule has 0 heterocycles. The molecule has 1 fully saturated rings. The van der Waals surface area contributed by atoms with E-state index < -0.39 is 5.97 Å². The van der Waals surface area contributed by atoms with Gasteiger partial charge in [-0.25, -0.2) is 0 Å². The van der Waals surface area contributed by atoms with Crippen LogP contribution in [0.3, 0.4) is 0 Å². The number of carboxylic acids is 1. The van der Waals surface area contributed by atoms with Crippen LogP contribution in [0, 0.1) is 11.8 Å². The molecule has 0 saturated heterocycles. The van der Waals surface area contributed by atoms with Crippen LogP contribution in [0.15, 0.2) is 0 Å². The zero-order chi connectivity index (χ0) is 8.97. The van der Waals surface area contributed by atoms with Crippen molar-refractivity contribution < 1.29 is 14.3 Å². The molecule has 0 spiro atoms. The largest absolute Gasteiger partial charge is 0.481 e. The van der Waals surface area contributed by atoms with E-state index >= 15 is 0 Å². The van der Waals surface area contributed by atoms with Crippen molar-refractivity contribution in [1.82, 2.24) is 0 Å². The molecule has 0 radical (unpaired) electrons. The van der Waals surface area contributed by atoms with E-state index in [1.54, 1.807) is 0 Å². The highest BCUT2D eigenvalue weighted by atomic mass is 19.1. The van der Waals surface area contributed by atoms with Crippen molar-refractivity contribution in [2.75, 3.05) is 6.67 Å². The standard InChI is InChI=1S/C9H15FO2/c10-5-4-7-2-1-3-8(6-7)9(11)12/h7-8H,1-6H2,(H,11,12). The predicted molar refractivity (Wildman–Crippen MR) is 43.7 cm³/mol. The molecule has 0 amide bonds. The fourth-order valence-electron chi connectivity index (χ4n) is 1.93. The van der Waals surface area contributed by atoms with Crippen molar-refractivity contribution in [3.05, 3.63) is 0 Å². The van der Waals surface area contributed by atoms with Crippen LogP contribution in [0.5, 0.6) is 0 Å². The lowest BCUT2D eigenvalue weighted by Gasteiger charge is -2.25. The van der Waals surface area contributed by atoms with Crippen LogP contribution in [0.4, 0.5) is 4.39 Å². The van der Waals surface area contributed by atoms with E-state index in [1.165, 1.54) is 0 Å². The molecule has 2 nitrogen and oxygen atoms in total. The smallest absolute Gasteiger partial charge is 0.306 e. The summed E-state index contributed by atoms with van der Waals surface area (Å²) in [6.07, 6.45) is 3.95. The second-order valence-corrected chi connectivity index (χ2v) is 3.55. The average molecular weight is 174 g/mol. The summed E-state index contributed by atoms with van der Waals surface area (Å²) in [6, 6.07) is 0. The number of hydrogen-bond donors (Lipinski definition) is 1. The third-order valence-corrected chi connectivity index (χ3v) is 2.65. The molecule has 0 aromatic heterocycles. The molecule has 70 valence electrons. The number of aliphatic carboxylic acids is 1. The number of rotatable bonds is 3. The molecule has 1 saturated carbocycles. The van der Waals surface area contributed by atoms with Crippen molar-refractivity contribution in [3.63, 3.8) is 0 Å². The lowest BCUT2D eigenvalue weighted by molar-refractivity contribution is -0.143. The summed E-state index contributed by atoms with van der Waals surface area (Å²) in [4.78, 5) is 10.6. The van der Waals surface area contributed by atoms with E-state index in [0.717, 1.165) is 19.3 Å². The Labute approximate surface area is 71.8 Å². The number of carboxylic acid groups (broad SMARTS) is 1. The van der Waals surface area contributed by atoms with E-state index in [2.05, 4.69) is 0 Å². The number of carbonyl (C=O) groups is 1. The third-order valence-electron chi connectivity index (χ3n) is 2.65. The molecular formula is C9H15FO2. The van der Waals surface area contributed by atoms with Crippen LogP contribution in [0.1, 0.15) is 32.1 Å². The van der Waals surface area contributed by atoms with E-state index in [0.29, 0.717) is 18.8 Å². The van der Waals surface area contributed by atoms with Gasteiger partial charge in [0.2, 0.25) is 0 Å². The number of halogens is 1. The molecule has 3 heteroatoms. The molecule has 1 N–H and O–H groups in total. The Hall–Kier alpha value is -0.600. The van der Waals surface area contributed by atoms with Crippen LogP contribution in [-0.2, 0) is 4.79 Å². The van der Waals surface area contributed by atoms with Gasteiger partial charge in [-0.05, 0) is 25.2 Å². The van der Waals surface area contributed by atoms with Gasteiger partial charge in [0.05, 0.1) is 12.6 Å². The topological polar surface area (TPSA) is 37.3 Å². The highest BCUT2D eigenvalue weighted by Crippen LogP contribution is 2.31. The van der Waals surface area contributed by atoms with Crippen LogP contribution in [0.25, 0.3) is 0 Å². The van der Waals surface area contributed by atoms with E-state index in [9.17, 15) is 9.18 Å². The average Bonchev–Trinajstić information content (AvgIpc) is 2.05. The predicted octanol–water partition coefficient (Wildman–Crippen LogP) is 2.24. The quantitative estimate of drug-likeness (QED) is 0.712. The van der Waals surface area contributed by atoms with Gasteiger partial charge in [-0.3, -0.25) is 9.18 Å². The summed E-state index contributed by atoms with van der Waals surface area (Å²) < 4.78 is 12.0. The van der Waals surface area contributed by atoms with Gasteiger partial charge in [0.15, 0.2) is 0 Å². The molecule has 1 aliphatic rings. The van der Waals surface area contributed by atoms with Gasteiger partial charge in [0.1, 0.15) is 0 Å². The Morgan fingerprint density at radius 2 is 2.25 bits per heavy atom. The Balaban J connectivity index is 2.35. The summed E-state index contributed by atoms with van der Waals surface area (Å²) in [5, 5.41) is 8.73. The Bertz CT molecular complexity index is 157. The van der Waals surface area contributed by atoms with Crippen LogP contribution >= 0.6 is 0 Å². The third kappa shape index (κ3) is 2.47. The van der Waals surface area contributed by atoms with Gasteiger partial charge >= 0.3 is 5.97 Å². The molecule has 0 aliphatic heterocycles. The summed E-state index contributed by atoms with van der Waals surface area (Å²) >= 11 is 0. The lowest BCUT2D eigenvalue weighted by Crippen LogP contribution is -2.22. The molecule has 12 heavy (non-hydrogen) atoms. The minimum Gasteiger partial charge on any atom is -0.481 e. The zero-order valence-electron chi connectivity index (χ0n) is 7.13. The molecule has 0 aromatic carbocycles. The first-order valence-corrected chi connectivity index (χ1v) is 4.52. The monoisotopic (exact) mass is 174 g/mol. The minimum atomic E-state index is -0.710. The van der Waals surface area contributed by atoms with Crippen molar-refractivity contribution in [3.8, 4) is 0 Å². The molecule has 2 atom stereocenters. The Morgan fingerprint density at radius 1 is 1.50 bits per heavy atom. The van der Waals surface area contributed by atoms with Gasteiger partial charge in [-0.1, -0.05) is 12.8 Å². The summed E-state index contributed by atoms with van der Waals surface area (Å²) in [7, 11) is 0. The highest BCUT2D eigenvalue weighted by molar-refractivity contribution is 5.70. The van der Waals surface area contributed by atoms with E-state index in [4.69, 9.17) is 5.11 Å². The summed E-state index contributed by atoms with van der Waals surface area (Å²) in [6.45, 7) is -0.309. The fourth-order valence-corrected chi connectivity index (χ4v) is 1.93. The van der Waals surface area contributed by atoms with Crippen molar-refractivity contribution >= 4 is 5.97 Å². The van der Waals surface area contributed by atoms with Crippen molar-refractivity contribution in [2.24, 2.45) is 11.8 Å². The van der Waals surface area contributed by atoms with Crippen LogP contribution in [0.2, 0.25) is 0 Å². The fraction of sp³-hybridized carbons (Fsp3) is 0.889. The summed E-state index contributed by atoms with van der Waals surface area (Å²) in [5.41, 5.74) is 0. The SMILES string of the molecule is O=C(O)C1CCCC(CCF)C1. The second kappa shape index (κ2) is 4.43. The number of hydrogen-bond acceptors (Lipinski definition) is 1. The van der Waals surface area contributed by atoms with Gasteiger partial charge < -0.3 is 5.11 Å². The van der Waals surface area contributed by atoms with E-state index in [-0.39, 0.29) is 12.6 Å². The molecule has 2 unspecified atom stereocenters. The van der Waals surface area contributed by atoms with Gasteiger partial charge in [-0.15, -0.1) is 0 Å². The first kappa shape index (κ1) is 9.49.